The lowest BCUT2D eigenvalue weighted by molar-refractivity contribution is -0.121. The Balaban J connectivity index is 1.75. The second-order valence-electron chi connectivity index (χ2n) is 4.29. The molecular formula is C15H17NOS. The largest absolute Gasteiger partial charge is 0.351 e. The molecule has 0 aliphatic carbocycles. The number of hydrogen-bond donors (Lipinski definition) is 1. The molecule has 0 aliphatic rings. The lowest BCUT2D eigenvalue weighted by Crippen LogP contribution is -2.22. The van der Waals surface area contributed by atoms with Crippen LogP contribution in [0.2, 0.25) is 0 Å². The molecule has 0 unspecified atom stereocenters. The van der Waals surface area contributed by atoms with Gasteiger partial charge in [0.2, 0.25) is 5.91 Å². The van der Waals surface area contributed by atoms with Gasteiger partial charge in [0.1, 0.15) is 0 Å². The fourth-order valence-electron chi connectivity index (χ4n) is 1.75. The summed E-state index contributed by atoms with van der Waals surface area (Å²) in [7, 11) is 0. The van der Waals surface area contributed by atoms with Gasteiger partial charge < -0.3 is 5.32 Å². The summed E-state index contributed by atoms with van der Waals surface area (Å²) in [5.74, 6) is 0.117. The van der Waals surface area contributed by atoms with Crippen LogP contribution in [-0.4, -0.2) is 5.91 Å². The molecule has 2 aromatic rings. The van der Waals surface area contributed by atoms with Gasteiger partial charge >= 0.3 is 0 Å². The van der Waals surface area contributed by atoms with E-state index in [1.807, 2.05) is 18.2 Å². The van der Waals surface area contributed by atoms with E-state index in [-0.39, 0.29) is 5.91 Å². The van der Waals surface area contributed by atoms with Crippen LogP contribution in [0.3, 0.4) is 0 Å². The molecule has 1 N–H and O–H groups in total. The maximum atomic E-state index is 11.7. The Kier molecular flexibility index (Phi) is 4.53. The maximum Gasteiger partial charge on any atom is 0.220 e. The minimum atomic E-state index is 0.117. The van der Waals surface area contributed by atoms with Gasteiger partial charge in [0.05, 0.1) is 6.54 Å². The normalized spacial score (nSPS) is 10.3. The van der Waals surface area contributed by atoms with Crippen LogP contribution in [-0.2, 0) is 17.8 Å². The van der Waals surface area contributed by atoms with Crippen LogP contribution >= 0.6 is 11.3 Å². The number of nitrogens with one attached hydrogen (secondary N) is 1. The number of aryl methyl sites for hydroxylation is 2. The van der Waals surface area contributed by atoms with Gasteiger partial charge in [-0.05, 0) is 35.9 Å². The Morgan fingerprint density at radius 2 is 2.00 bits per heavy atom. The van der Waals surface area contributed by atoms with Crippen molar-refractivity contribution in [2.24, 2.45) is 0 Å². The third-order valence-corrected chi connectivity index (χ3v) is 3.92. The first-order valence-corrected chi connectivity index (χ1v) is 6.97. The van der Waals surface area contributed by atoms with Gasteiger partial charge in [0.25, 0.3) is 0 Å². The van der Waals surface area contributed by atoms with Gasteiger partial charge in [-0.1, -0.05) is 30.3 Å². The topological polar surface area (TPSA) is 29.1 Å². The molecule has 2 nitrogen and oxygen atoms in total. The second-order valence-corrected chi connectivity index (χ2v) is 5.29. The van der Waals surface area contributed by atoms with E-state index in [1.54, 1.807) is 11.3 Å². The molecule has 0 saturated carbocycles. The monoisotopic (exact) mass is 259 g/mol. The Bertz CT molecular complexity index is 504. The van der Waals surface area contributed by atoms with Crippen molar-refractivity contribution in [2.75, 3.05) is 0 Å². The fourth-order valence-corrected chi connectivity index (χ4v) is 2.60. The van der Waals surface area contributed by atoms with E-state index in [2.05, 4.69) is 35.8 Å². The summed E-state index contributed by atoms with van der Waals surface area (Å²) in [6, 6.07) is 12.2. The Morgan fingerprint density at radius 1 is 1.22 bits per heavy atom. The number of hydrogen-bond acceptors (Lipinski definition) is 2. The van der Waals surface area contributed by atoms with Gasteiger partial charge in [0, 0.05) is 11.3 Å². The number of carbonyl (C=O) groups is 1. The summed E-state index contributed by atoms with van der Waals surface area (Å²) >= 11 is 1.69. The standard InChI is InChI=1S/C15H17NOS/c1-12-9-10-18-14(12)11-16-15(17)8-7-13-5-3-2-4-6-13/h2-6,9-10H,7-8,11H2,1H3,(H,16,17). The molecule has 1 aromatic heterocycles. The molecule has 0 spiro atoms. The van der Waals surface area contributed by atoms with E-state index in [9.17, 15) is 4.79 Å². The van der Waals surface area contributed by atoms with Crippen LogP contribution in [0, 0.1) is 6.92 Å². The molecule has 0 saturated heterocycles. The summed E-state index contributed by atoms with van der Waals surface area (Å²) in [4.78, 5) is 13.0. The summed E-state index contributed by atoms with van der Waals surface area (Å²) in [5.41, 5.74) is 2.46. The highest BCUT2D eigenvalue weighted by molar-refractivity contribution is 7.10. The van der Waals surface area contributed by atoms with Crippen LogP contribution in [0.15, 0.2) is 41.8 Å². The number of amides is 1. The van der Waals surface area contributed by atoms with Crippen molar-refractivity contribution < 1.29 is 4.79 Å². The molecule has 2 rings (SSSR count). The van der Waals surface area contributed by atoms with Crippen LogP contribution in [0.1, 0.15) is 22.4 Å². The Hall–Kier alpha value is -1.61. The zero-order valence-electron chi connectivity index (χ0n) is 10.5. The summed E-state index contributed by atoms with van der Waals surface area (Å²) in [5, 5.41) is 5.02. The van der Waals surface area contributed by atoms with Crippen LogP contribution in [0.4, 0.5) is 0 Å². The third-order valence-electron chi connectivity index (χ3n) is 2.90. The molecule has 3 heteroatoms. The van der Waals surface area contributed by atoms with E-state index < -0.39 is 0 Å². The van der Waals surface area contributed by atoms with Crippen molar-refractivity contribution >= 4 is 17.2 Å². The van der Waals surface area contributed by atoms with E-state index in [0.29, 0.717) is 13.0 Å². The molecule has 18 heavy (non-hydrogen) atoms. The molecule has 1 heterocycles. The number of carbonyl (C=O) groups excluding carboxylic acids is 1. The highest BCUT2D eigenvalue weighted by Crippen LogP contribution is 2.14. The Labute approximate surface area is 112 Å². The van der Waals surface area contributed by atoms with Gasteiger partial charge in [0.15, 0.2) is 0 Å². The molecule has 0 radical (unpaired) electrons. The molecule has 94 valence electrons. The first kappa shape index (κ1) is 12.8. The molecule has 0 fully saturated rings. The predicted octanol–water partition coefficient (Wildman–Crippen LogP) is 3.31. The first-order valence-electron chi connectivity index (χ1n) is 6.09. The van der Waals surface area contributed by atoms with Crippen LogP contribution in [0.5, 0.6) is 0 Å². The highest BCUT2D eigenvalue weighted by atomic mass is 32.1. The SMILES string of the molecule is Cc1ccsc1CNC(=O)CCc1ccccc1. The number of rotatable bonds is 5. The number of thiophene rings is 1. The van der Waals surface area contributed by atoms with Gasteiger partial charge in [-0.3, -0.25) is 4.79 Å². The first-order chi connectivity index (χ1) is 8.75. The third kappa shape index (κ3) is 3.70. The predicted molar refractivity (Wildman–Crippen MR) is 75.7 cm³/mol. The smallest absolute Gasteiger partial charge is 0.220 e. The summed E-state index contributed by atoms with van der Waals surface area (Å²) in [6.45, 7) is 2.72. The van der Waals surface area contributed by atoms with Gasteiger partial charge in [-0.2, -0.15) is 0 Å². The minimum Gasteiger partial charge on any atom is -0.351 e. The fraction of sp³-hybridized carbons (Fsp3) is 0.267. The van der Waals surface area contributed by atoms with E-state index in [0.717, 1.165) is 6.42 Å². The lowest BCUT2D eigenvalue weighted by Gasteiger charge is -2.05. The average molecular weight is 259 g/mol. The molecule has 1 aromatic carbocycles. The maximum absolute atomic E-state index is 11.7. The van der Waals surface area contributed by atoms with Crippen molar-refractivity contribution in [3.05, 3.63) is 57.8 Å². The van der Waals surface area contributed by atoms with Gasteiger partial charge in [-0.25, -0.2) is 0 Å². The van der Waals surface area contributed by atoms with Crippen molar-refractivity contribution in [1.29, 1.82) is 0 Å². The van der Waals surface area contributed by atoms with Crippen molar-refractivity contribution in [1.82, 2.24) is 5.32 Å². The molecule has 1 amide bonds. The molecular weight excluding hydrogens is 242 g/mol. The second kappa shape index (κ2) is 6.36. The molecule has 0 aliphatic heterocycles. The van der Waals surface area contributed by atoms with Crippen LogP contribution in [0.25, 0.3) is 0 Å². The van der Waals surface area contributed by atoms with E-state index in [4.69, 9.17) is 0 Å². The van der Waals surface area contributed by atoms with Gasteiger partial charge in [-0.15, -0.1) is 11.3 Å². The van der Waals surface area contributed by atoms with E-state index in [1.165, 1.54) is 16.0 Å². The molecule has 0 bridgehead atoms. The molecule has 0 atom stereocenters. The Morgan fingerprint density at radius 3 is 2.67 bits per heavy atom. The number of benzene rings is 1. The van der Waals surface area contributed by atoms with Crippen molar-refractivity contribution in [3.63, 3.8) is 0 Å². The minimum absolute atomic E-state index is 0.117. The average Bonchev–Trinajstić information content (AvgIpc) is 2.81. The highest BCUT2D eigenvalue weighted by Gasteiger charge is 2.04. The van der Waals surface area contributed by atoms with Crippen molar-refractivity contribution in [2.45, 2.75) is 26.3 Å². The zero-order valence-corrected chi connectivity index (χ0v) is 11.3. The summed E-state index contributed by atoms with van der Waals surface area (Å²) in [6.07, 6.45) is 1.35. The summed E-state index contributed by atoms with van der Waals surface area (Å²) < 4.78 is 0. The lowest BCUT2D eigenvalue weighted by atomic mass is 10.1. The van der Waals surface area contributed by atoms with Crippen LogP contribution < -0.4 is 5.32 Å². The quantitative estimate of drug-likeness (QED) is 0.877. The zero-order chi connectivity index (χ0) is 12.8. The van der Waals surface area contributed by atoms with Crippen molar-refractivity contribution in [3.8, 4) is 0 Å². The van der Waals surface area contributed by atoms with E-state index >= 15 is 0 Å².